The predicted molar refractivity (Wildman–Crippen MR) is 129 cm³/mol. The van der Waals surface area contributed by atoms with Gasteiger partial charge in [0.1, 0.15) is 5.70 Å². The molecule has 0 unspecified atom stereocenters. The summed E-state index contributed by atoms with van der Waals surface area (Å²) in [4.78, 5) is 30.1. The van der Waals surface area contributed by atoms with Gasteiger partial charge in [-0.05, 0) is 48.7 Å². The number of nitrogens with one attached hydrogen (secondary N) is 1. The Kier molecular flexibility index (Phi) is 9.82. The molecule has 0 fully saturated rings. The van der Waals surface area contributed by atoms with Gasteiger partial charge in [-0.1, -0.05) is 57.0 Å². The third kappa shape index (κ3) is 7.59. The van der Waals surface area contributed by atoms with Crippen molar-refractivity contribution in [3.8, 4) is 0 Å². The van der Waals surface area contributed by atoms with Gasteiger partial charge in [0.05, 0.1) is 0 Å². The molecule has 0 spiro atoms. The zero-order chi connectivity index (χ0) is 22.6. The lowest BCUT2D eigenvalue weighted by Gasteiger charge is -2.24. The zero-order valence-electron chi connectivity index (χ0n) is 19.2. The summed E-state index contributed by atoms with van der Waals surface area (Å²) in [5.74, 6) is -0.418. The summed E-state index contributed by atoms with van der Waals surface area (Å²) >= 11 is 0. The van der Waals surface area contributed by atoms with Crippen LogP contribution in [-0.2, 0) is 4.79 Å². The topological polar surface area (TPSA) is 52.7 Å². The summed E-state index contributed by atoms with van der Waals surface area (Å²) in [5.41, 5.74) is 2.77. The molecule has 0 saturated carbocycles. The first-order valence-electron chi connectivity index (χ1n) is 11.1. The fourth-order valence-electron chi connectivity index (χ4n) is 3.15. The predicted octanol–water partition coefficient (Wildman–Crippen LogP) is 4.95. The van der Waals surface area contributed by atoms with Crippen molar-refractivity contribution in [2.45, 2.75) is 39.5 Å². The molecule has 2 aromatic rings. The molecule has 166 valence electrons. The fraction of sp³-hybridized carbons (Fsp3) is 0.385. The number of hydrogen-bond acceptors (Lipinski definition) is 3. The molecule has 2 amide bonds. The summed E-state index contributed by atoms with van der Waals surface area (Å²) in [6.45, 7) is 5.60. The summed E-state index contributed by atoms with van der Waals surface area (Å²) in [6.07, 6.45) is 5.67. The van der Waals surface area contributed by atoms with Gasteiger partial charge in [-0.2, -0.15) is 0 Å². The molecular weight excluding hydrogens is 386 g/mol. The van der Waals surface area contributed by atoms with Crippen LogP contribution in [0.5, 0.6) is 0 Å². The minimum atomic E-state index is -0.281. The third-order valence-electron chi connectivity index (χ3n) is 5.09. The highest BCUT2D eigenvalue weighted by atomic mass is 16.2. The Hall–Kier alpha value is -3.08. The standard InChI is InChI=1S/C26H35N3O2/c1-5-7-18-29(19-8-6-2)26(31)24(27-25(30)22-12-10-9-11-13-22)20-21-14-16-23(17-15-21)28(3)4/h9-17,20H,5-8,18-19H2,1-4H3,(H,27,30). The van der Waals surface area contributed by atoms with Gasteiger partial charge in [-0.3, -0.25) is 9.59 Å². The molecule has 31 heavy (non-hydrogen) atoms. The minimum absolute atomic E-state index is 0.136. The minimum Gasteiger partial charge on any atom is -0.378 e. The Balaban J connectivity index is 2.34. The first-order chi connectivity index (χ1) is 15.0. The summed E-state index contributed by atoms with van der Waals surface area (Å²) in [6, 6.07) is 16.9. The smallest absolute Gasteiger partial charge is 0.270 e. The maximum atomic E-state index is 13.4. The number of hydrogen-bond donors (Lipinski definition) is 1. The lowest BCUT2D eigenvalue weighted by atomic mass is 10.1. The molecular formula is C26H35N3O2. The average Bonchev–Trinajstić information content (AvgIpc) is 2.79. The van der Waals surface area contributed by atoms with Crippen LogP contribution in [0.25, 0.3) is 6.08 Å². The Morgan fingerprint density at radius 2 is 1.45 bits per heavy atom. The second-order valence-electron chi connectivity index (χ2n) is 7.86. The molecule has 0 heterocycles. The number of carbonyl (C=O) groups excluding carboxylic acids is 2. The van der Waals surface area contributed by atoms with Crippen molar-refractivity contribution in [2.24, 2.45) is 0 Å². The molecule has 0 aliphatic heterocycles. The number of nitrogens with zero attached hydrogens (tertiary/aromatic N) is 2. The molecule has 2 rings (SSSR count). The van der Waals surface area contributed by atoms with Crippen molar-refractivity contribution in [1.29, 1.82) is 0 Å². The van der Waals surface area contributed by atoms with Crippen molar-refractivity contribution in [3.05, 3.63) is 71.4 Å². The van der Waals surface area contributed by atoms with Crippen LogP contribution in [0, 0.1) is 0 Å². The Morgan fingerprint density at radius 1 is 0.871 bits per heavy atom. The first-order valence-corrected chi connectivity index (χ1v) is 11.1. The van der Waals surface area contributed by atoms with Crippen LogP contribution in [0.1, 0.15) is 55.5 Å². The van der Waals surface area contributed by atoms with Crippen LogP contribution in [-0.4, -0.2) is 43.9 Å². The summed E-state index contributed by atoms with van der Waals surface area (Å²) in [5, 5.41) is 2.87. The van der Waals surface area contributed by atoms with Crippen molar-refractivity contribution in [3.63, 3.8) is 0 Å². The van der Waals surface area contributed by atoms with Crippen LogP contribution in [0.3, 0.4) is 0 Å². The van der Waals surface area contributed by atoms with Gasteiger partial charge in [0, 0.05) is 38.4 Å². The molecule has 0 aliphatic rings. The van der Waals surface area contributed by atoms with E-state index in [1.54, 1.807) is 18.2 Å². The Labute approximate surface area is 186 Å². The van der Waals surface area contributed by atoms with Gasteiger partial charge in [-0.25, -0.2) is 0 Å². The molecule has 0 radical (unpaired) electrons. The zero-order valence-corrected chi connectivity index (χ0v) is 19.2. The van der Waals surface area contributed by atoms with E-state index < -0.39 is 0 Å². The lowest BCUT2D eigenvalue weighted by Crippen LogP contribution is -2.39. The van der Waals surface area contributed by atoms with Crippen molar-refractivity contribution >= 4 is 23.6 Å². The quantitative estimate of drug-likeness (QED) is 0.522. The molecule has 1 N–H and O–H groups in total. The highest BCUT2D eigenvalue weighted by molar-refractivity contribution is 6.05. The maximum Gasteiger partial charge on any atom is 0.270 e. The molecule has 0 bridgehead atoms. The monoisotopic (exact) mass is 421 g/mol. The first kappa shape index (κ1) is 24.2. The average molecular weight is 422 g/mol. The molecule has 2 aromatic carbocycles. The van der Waals surface area contributed by atoms with Gasteiger partial charge in [0.15, 0.2) is 0 Å². The summed E-state index contributed by atoms with van der Waals surface area (Å²) < 4.78 is 0. The van der Waals surface area contributed by atoms with E-state index in [9.17, 15) is 9.59 Å². The van der Waals surface area contributed by atoms with Crippen molar-refractivity contribution < 1.29 is 9.59 Å². The fourth-order valence-corrected chi connectivity index (χ4v) is 3.15. The molecule has 5 heteroatoms. The van der Waals surface area contributed by atoms with Crippen molar-refractivity contribution in [1.82, 2.24) is 10.2 Å². The number of amides is 2. The number of carbonyl (C=O) groups is 2. The normalized spacial score (nSPS) is 11.2. The van der Waals surface area contributed by atoms with Gasteiger partial charge >= 0.3 is 0 Å². The number of anilines is 1. The van der Waals surface area contributed by atoms with Crippen LogP contribution < -0.4 is 10.2 Å². The highest BCUT2D eigenvalue weighted by Gasteiger charge is 2.20. The van der Waals surface area contributed by atoms with E-state index in [1.165, 1.54) is 0 Å². The molecule has 0 aromatic heterocycles. The number of unbranched alkanes of at least 4 members (excludes halogenated alkanes) is 2. The van der Waals surface area contributed by atoms with E-state index in [0.29, 0.717) is 24.4 Å². The second kappa shape index (κ2) is 12.6. The van der Waals surface area contributed by atoms with E-state index in [-0.39, 0.29) is 11.8 Å². The largest absolute Gasteiger partial charge is 0.378 e. The second-order valence-corrected chi connectivity index (χ2v) is 7.86. The van der Waals surface area contributed by atoms with E-state index in [1.807, 2.05) is 66.4 Å². The Morgan fingerprint density at radius 3 is 1.97 bits per heavy atom. The van der Waals surface area contributed by atoms with E-state index in [4.69, 9.17) is 0 Å². The van der Waals surface area contributed by atoms with Crippen LogP contribution in [0.2, 0.25) is 0 Å². The van der Waals surface area contributed by atoms with Crippen LogP contribution >= 0.6 is 0 Å². The maximum absolute atomic E-state index is 13.4. The molecule has 0 atom stereocenters. The van der Waals surface area contributed by atoms with Gasteiger partial charge in [-0.15, -0.1) is 0 Å². The molecule has 5 nitrogen and oxygen atoms in total. The van der Waals surface area contributed by atoms with Gasteiger partial charge < -0.3 is 15.1 Å². The third-order valence-corrected chi connectivity index (χ3v) is 5.09. The number of rotatable bonds is 11. The van der Waals surface area contributed by atoms with Crippen LogP contribution in [0.15, 0.2) is 60.3 Å². The lowest BCUT2D eigenvalue weighted by molar-refractivity contribution is -0.127. The molecule has 0 saturated heterocycles. The van der Waals surface area contributed by atoms with Crippen LogP contribution in [0.4, 0.5) is 5.69 Å². The highest BCUT2D eigenvalue weighted by Crippen LogP contribution is 2.16. The molecule has 0 aliphatic carbocycles. The van der Waals surface area contributed by atoms with Gasteiger partial charge in [0.25, 0.3) is 11.8 Å². The van der Waals surface area contributed by atoms with Gasteiger partial charge in [0.2, 0.25) is 0 Å². The van der Waals surface area contributed by atoms with E-state index in [0.717, 1.165) is 36.9 Å². The van der Waals surface area contributed by atoms with Crippen molar-refractivity contribution in [2.75, 3.05) is 32.1 Å². The number of benzene rings is 2. The van der Waals surface area contributed by atoms with E-state index in [2.05, 4.69) is 19.2 Å². The Bertz CT molecular complexity index is 850. The van der Waals surface area contributed by atoms with E-state index >= 15 is 0 Å². The SMILES string of the molecule is CCCCN(CCCC)C(=O)C(=Cc1ccc(N(C)C)cc1)NC(=O)c1ccccc1. The summed E-state index contributed by atoms with van der Waals surface area (Å²) in [7, 11) is 3.97.